The molecule has 2 aromatic rings. The lowest BCUT2D eigenvalue weighted by molar-refractivity contribution is -0.262. The van der Waals surface area contributed by atoms with E-state index in [9.17, 15) is 15.3 Å². The maximum absolute atomic E-state index is 11.8. The van der Waals surface area contributed by atoms with E-state index in [0.717, 1.165) is 11.1 Å². The molecule has 1 heterocycles. The molecule has 2 aromatic carbocycles. The van der Waals surface area contributed by atoms with Crippen molar-refractivity contribution in [2.75, 3.05) is 0 Å². The van der Waals surface area contributed by atoms with Crippen LogP contribution in [0.25, 0.3) is 0 Å². The Morgan fingerprint density at radius 3 is 1.88 bits per heavy atom. The second-order valence-corrected chi connectivity index (χ2v) is 10.9. The normalized spacial score (nSPS) is 41.0. The van der Waals surface area contributed by atoms with Crippen LogP contribution in [0.5, 0.6) is 0 Å². The predicted octanol–water partition coefficient (Wildman–Crippen LogP) is 3.34. The lowest BCUT2D eigenvalue weighted by Crippen LogP contribution is -2.61. The van der Waals surface area contributed by atoms with Gasteiger partial charge in [-0.25, -0.2) is 0 Å². The third kappa shape index (κ3) is 2.56. The van der Waals surface area contributed by atoms with Crippen molar-refractivity contribution in [3.8, 4) is 0 Å². The van der Waals surface area contributed by atoms with Gasteiger partial charge in [-0.15, -0.1) is 6.58 Å². The monoisotopic (exact) mass is 466 g/mol. The molecule has 1 saturated heterocycles. The zero-order chi connectivity index (χ0) is 24.6. The molecule has 2 aliphatic carbocycles. The largest absolute Gasteiger partial charge is 0.389 e. The molecular formula is C28H34O6. The topological polar surface area (TPSA) is 88.4 Å². The van der Waals surface area contributed by atoms with Gasteiger partial charge in [0, 0.05) is 5.41 Å². The molecule has 1 unspecified atom stereocenters. The molecule has 3 aliphatic rings. The standard InChI is InChI=1S/C28H34O6/c1-6-25(27(21(29)23(27,2)3)33-18-20-15-11-8-12-16-20)22(32-17-19-13-9-7-10-14-19)26(30)24(4,5)28(26,31)34-25/h6-16,21-22,29-31H,1,17-18H2,2-5H3/t21?,22-,25+,26+,27+,28+/m1/s1. The Morgan fingerprint density at radius 1 is 0.912 bits per heavy atom. The van der Waals surface area contributed by atoms with Crippen LogP contribution in [0.4, 0.5) is 0 Å². The molecule has 182 valence electrons. The highest BCUT2D eigenvalue weighted by atomic mass is 16.7. The summed E-state index contributed by atoms with van der Waals surface area (Å²) >= 11 is 0. The van der Waals surface area contributed by atoms with Crippen molar-refractivity contribution < 1.29 is 29.5 Å². The molecule has 0 bridgehead atoms. The Kier molecular flexibility index (Phi) is 5.03. The van der Waals surface area contributed by atoms with E-state index in [0.29, 0.717) is 0 Å². The summed E-state index contributed by atoms with van der Waals surface area (Å²) in [5.74, 6) is -1.88. The molecular weight excluding hydrogens is 432 g/mol. The maximum Gasteiger partial charge on any atom is 0.207 e. The van der Waals surface area contributed by atoms with Gasteiger partial charge in [0.25, 0.3) is 0 Å². The highest BCUT2D eigenvalue weighted by molar-refractivity contribution is 5.48. The van der Waals surface area contributed by atoms with Crippen LogP contribution in [-0.4, -0.2) is 50.1 Å². The average Bonchev–Trinajstić information content (AvgIpc) is 3.34. The summed E-state index contributed by atoms with van der Waals surface area (Å²) in [6.07, 6.45) is -0.439. The van der Waals surface area contributed by atoms with Gasteiger partial charge in [0.15, 0.2) is 11.2 Å². The number of hydrogen-bond acceptors (Lipinski definition) is 6. The summed E-state index contributed by atoms with van der Waals surface area (Å²) in [5, 5.41) is 34.6. The zero-order valence-corrected chi connectivity index (χ0v) is 20.2. The van der Waals surface area contributed by atoms with Crippen LogP contribution in [0.2, 0.25) is 0 Å². The second-order valence-electron chi connectivity index (χ2n) is 10.9. The summed E-state index contributed by atoms with van der Waals surface area (Å²) in [5.41, 5.74) is -4.42. The van der Waals surface area contributed by atoms with Crippen LogP contribution in [0.15, 0.2) is 73.3 Å². The van der Waals surface area contributed by atoms with Crippen LogP contribution in [-0.2, 0) is 27.4 Å². The summed E-state index contributed by atoms with van der Waals surface area (Å²) in [6, 6.07) is 19.2. The van der Waals surface area contributed by atoms with Gasteiger partial charge in [-0.3, -0.25) is 0 Å². The quantitative estimate of drug-likeness (QED) is 0.517. The van der Waals surface area contributed by atoms with Crippen molar-refractivity contribution >= 4 is 0 Å². The number of aliphatic hydroxyl groups is 3. The van der Waals surface area contributed by atoms with Gasteiger partial charge in [0.2, 0.25) is 5.79 Å². The van der Waals surface area contributed by atoms with Crippen LogP contribution in [0.1, 0.15) is 38.8 Å². The van der Waals surface area contributed by atoms with Crippen molar-refractivity contribution in [1.82, 2.24) is 0 Å². The van der Waals surface area contributed by atoms with E-state index in [2.05, 4.69) is 6.58 Å². The van der Waals surface area contributed by atoms with E-state index >= 15 is 0 Å². The van der Waals surface area contributed by atoms with Gasteiger partial charge in [-0.1, -0.05) is 94.4 Å². The van der Waals surface area contributed by atoms with Crippen LogP contribution < -0.4 is 0 Å². The molecule has 6 nitrogen and oxygen atoms in total. The first-order valence-corrected chi connectivity index (χ1v) is 11.8. The smallest absolute Gasteiger partial charge is 0.207 e. The van der Waals surface area contributed by atoms with Gasteiger partial charge in [-0.05, 0) is 11.1 Å². The molecule has 1 aliphatic heterocycles. The molecule has 3 N–H and O–H groups in total. The van der Waals surface area contributed by atoms with Gasteiger partial charge < -0.3 is 29.5 Å². The highest BCUT2D eigenvalue weighted by Crippen LogP contribution is 2.80. The number of benzene rings is 2. The number of hydrogen-bond donors (Lipinski definition) is 3. The highest BCUT2D eigenvalue weighted by Gasteiger charge is 3.00. The van der Waals surface area contributed by atoms with E-state index in [1.807, 2.05) is 74.5 Å². The second kappa shape index (κ2) is 7.23. The van der Waals surface area contributed by atoms with E-state index in [1.165, 1.54) is 6.08 Å². The molecule has 3 fully saturated rings. The van der Waals surface area contributed by atoms with Gasteiger partial charge >= 0.3 is 0 Å². The molecule has 0 aromatic heterocycles. The first-order chi connectivity index (χ1) is 16.0. The van der Waals surface area contributed by atoms with E-state index < -0.39 is 45.6 Å². The molecule has 6 heteroatoms. The maximum atomic E-state index is 11.8. The number of aliphatic hydroxyl groups excluding tert-OH is 1. The fourth-order valence-electron chi connectivity index (χ4n) is 6.27. The minimum Gasteiger partial charge on any atom is -0.389 e. The van der Waals surface area contributed by atoms with Crippen LogP contribution in [0.3, 0.4) is 0 Å². The van der Waals surface area contributed by atoms with Crippen LogP contribution in [0, 0.1) is 10.8 Å². The van der Waals surface area contributed by atoms with Crippen molar-refractivity contribution in [1.29, 1.82) is 0 Å². The average molecular weight is 467 g/mol. The van der Waals surface area contributed by atoms with Crippen molar-refractivity contribution in [2.45, 2.75) is 75.7 Å². The fraction of sp³-hybridized carbons (Fsp3) is 0.500. The van der Waals surface area contributed by atoms with Gasteiger partial charge in [-0.2, -0.15) is 0 Å². The molecule has 0 radical (unpaired) electrons. The molecule has 0 amide bonds. The SMILES string of the molecule is C=C[C@]1([C@]2(OCc3ccccc3)C(O)C2(C)C)O[C@@]2(O)C(C)(C)[C@@]2(O)[C@@H]1OCc1ccccc1. The Morgan fingerprint density at radius 2 is 1.41 bits per heavy atom. The molecule has 5 rings (SSSR count). The number of ether oxygens (including phenoxy) is 3. The zero-order valence-electron chi connectivity index (χ0n) is 20.2. The minimum atomic E-state index is -1.88. The summed E-state index contributed by atoms with van der Waals surface area (Å²) in [7, 11) is 0. The third-order valence-corrected chi connectivity index (χ3v) is 8.73. The van der Waals surface area contributed by atoms with E-state index in [1.54, 1.807) is 13.8 Å². The number of fused-ring (bicyclic) bond motifs is 1. The fourth-order valence-corrected chi connectivity index (χ4v) is 6.27. The van der Waals surface area contributed by atoms with Gasteiger partial charge in [0.1, 0.15) is 11.7 Å². The van der Waals surface area contributed by atoms with E-state index in [-0.39, 0.29) is 13.2 Å². The van der Waals surface area contributed by atoms with Crippen molar-refractivity contribution in [3.05, 3.63) is 84.4 Å². The Labute approximate surface area is 200 Å². The summed E-state index contributed by atoms with van der Waals surface area (Å²) in [4.78, 5) is 0. The van der Waals surface area contributed by atoms with Crippen molar-refractivity contribution in [3.63, 3.8) is 0 Å². The lowest BCUT2D eigenvalue weighted by Gasteiger charge is -2.45. The molecule has 2 saturated carbocycles. The molecule has 0 spiro atoms. The molecule has 6 atom stereocenters. The van der Waals surface area contributed by atoms with Crippen LogP contribution >= 0.6 is 0 Å². The van der Waals surface area contributed by atoms with Gasteiger partial charge in [0.05, 0.1) is 24.7 Å². The van der Waals surface area contributed by atoms with E-state index in [4.69, 9.17) is 14.2 Å². The summed E-state index contributed by atoms with van der Waals surface area (Å²) < 4.78 is 19.2. The Hall–Kier alpha value is -2.06. The first kappa shape index (κ1) is 23.7. The van der Waals surface area contributed by atoms with Crippen molar-refractivity contribution in [2.24, 2.45) is 10.8 Å². The first-order valence-electron chi connectivity index (χ1n) is 11.8. The number of rotatable bonds is 8. The predicted molar refractivity (Wildman–Crippen MR) is 126 cm³/mol. The molecule has 34 heavy (non-hydrogen) atoms. The Balaban J connectivity index is 1.56. The lowest BCUT2D eigenvalue weighted by atomic mass is 9.78. The minimum absolute atomic E-state index is 0.185. The third-order valence-electron chi connectivity index (χ3n) is 8.73. The summed E-state index contributed by atoms with van der Waals surface area (Å²) in [6.45, 7) is 11.7. The Bertz CT molecular complexity index is 1080.